The van der Waals surface area contributed by atoms with Gasteiger partial charge in [-0.1, -0.05) is 36.0 Å². The molecule has 0 aliphatic rings. The van der Waals surface area contributed by atoms with Crippen LogP contribution in [0, 0.1) is 13.8 Å². The van der Waals surface area contributed by atoms with Crippen molar-refractivity contribution >= 4 is 34.0 Å². The van der Waals surface area contributed by atoms with E-state index in [2.05, 4.69) is 16.1 Å². The molecule has 1 aromatic carbocycles. The molecule has 0 atom stereocenters. The SMILES string of the molecule is CCc1nn2c(=O)cc(COC(=O)CSc3ccc(C)cc3C)nc2s1. The first-order chi connectivity index (χ1) is 12.5. The minimum Gasteiger partial charge on any atom is -0.459 e. The average molecular weight is 390 g/mol. The lowest BCUT2D eigenvalue weighted by atomic mass is 10.2. The number of fused-ring (bicyclic) bond motifs is 1. The van der Waals surface area contributed by atoms with Crippen molar-refractivity contribution in [3.05, 3.63) is 56.4 Å². The van der Waals surface area contributed by atoms with Crippen LogP contribution in [-0.4, -0.2) is 26.3 Å². The smallest absolute Gasteiger partial charge is 0.316 e. The van der Waals surface area contributed by atoms with Crippen molar-refractivity contribution in [2.45, 2.75) is 38.7 Å². The van der Waals surface area contributed by atoms with Gasteiger partial charge >= 0.3 is 5.97 Å². The van der Waals surface area contributed by atoms with Crippen LogP contribution in [0.2, 0.25) is 0 Å². The highest BCUT2D eigenvalue weighted by molar-refractivity contribution is 8.00. The molecule has 0 bridgehead atoms. The Kier molecular flexibility index (Phi) is 5.73. The second-order valence-electron chi connectivity index (χ2n) is 5.85. The van der Waals surface area contributed by atoms with Crippen LogP contribution in [0.3, 0.4) is 0 Å². The third kappa shape index (κ3) is 4.31. The number of hydrogen-bond donors (Lipinski definition) is 0. The maximum Gasteiger partial charge on any atom is 0.316 e. The monoisotopic (exact) mass is 389 g/mol. The first kappa shape index (κ1) is 18.6. The van der Waals surface area contributed by atoms with Crippen LogP contribution >= 0.6 is 23.1 Å². The van der Waals surface area contributed by atoms with Gasteiger partial charge in [-0.15, -0.1) is 11.8 Å². The number of nitrogens with zero attached hydrogens (tertiary/aromatic N) is 3. The molecule has 0 N–H and O–H groups in total. The zero-order valence-corrected chi connectivity index (χ0v) is 16.4. The van der Waals surface area contributed by atoms with Gasteiger partial charge in [0.1, 0.15) is 11.6 Å². The number of esters is 1. The summed E-state index contributed by atoms with van der Waals surface area (Å²) in [6, 6.07) is 7.47. The van der Waals surface area contributed by atoms with E-state index < -0.39 is 0 Å². The van der Waals surface area contributed by atoms with Gasteiger partial charge in [-0.3, -0.25) is 9.59 Å². The molecule has 2 aromatic heterocycles. The number of aryl methyl sites for hydroxylation is 3. The number of carbonyl (C=O) groups is 1. The Bertz CT molecular complexity index is 1010. The van der Waals surface area contributed by atoms with Gasteiger partial charge in [0.15, 0.2) is 0 Å². The Labute approximate surface area is 159 Å². The summed E-state index contributed by atoms with van der Waals surface area (Å²) in [6.07, 6.45) is 0.743. The number of hydrogen-bond acceptors (Lipinski definition) is 7. The third-order valence-electron chi connectivity index (χ3n) is 3.70. The second-order valence-corrected chi connectivity index (χ2v) is 7.91. The summed E-state index contributed by atoms with van der Waals surface area (Å²) in [5.41, 5.74) is 2.50. The molecule has 2 heterocycles. The predicted molar refractivity (Wildman–Crippen MR) is 103 cm³/mol. The first-order valence-corrected chi connectivity index (χ1v) is 10.0. The average Bonchev–Trinajstić information content (AvgIpc) is 3.03. The lowest BCUT2D eigenvalue weighted by molar-refractivity contribution is -0.141. The predicted octanol–water partition coefficient (Wildman–Crippen LogP) is 3.17. The maximum absolute atomic E-state index is 12.1. The maximum atomic E-state index is 12.1. The second kappa shape index (κ2) is 8.01. The number of ether oxygens (including phenoxy) is 1. The molecule has 0 amide bonds. The summed E-state index contributed by atoms with van der Waals surface area (Å²) in [7, 11) is 0. The molecule has 3 rings (SSSR count). The van der Waals surface area contributed by atoms with Gasteiger partial charge in [0, 0.05) is 11.0 Å². The number of carbonyl (C=O) groups excluding carboxylic acids is 1. The molecule has 8 heteroatoms. The lowest BCUT2D eigenvalue weighted by Gasteiger charge is -2.07. The van der Waals surface area contributed by atoms with Crippen molar-refractivity contribution in [1.82, 2.24) is 14.6 Å². The van der Waals surface area contributed by atoms with E-state index in [1.807, 2.05) is 32.9 Å². The van der Waals surface area contributed by atoms with Gasteiger partial charge in [-0.2, -0.15) is 9.61 Å². The molecule has 0 radical (unpaired) electrons. The van der Waals surface area contributed by atoms with E-state index in [9.17, 15) is 9.59 Å². The summed E-state index contributed by atoms with van der Waals surface area (Å²) in [6.45, 7) is 6.01. The van der Waals surface area contributed by atoms with Gasteiger partial charge in [-0.25, -0.2) is 4.98 Å². The van der Waals surface area contributed by atoms with Gasteiger partial charge in [-0.05, 0) is 31.9 Å². The van der Waals surface area contributed by atoms with Crippen molar-refractivity contribution in [2.24, 2.45) is 0 Å². The fourth-order valence-corrected chi connectivity index (χ4v) is 4.07. The Hall–Kier alpha value is -2.19. The van der Waals surface area contributed by atoms with Crippen molar-refractivity contribution in [2.75, 3.05) is 5.75 Å². The first-order valence-electron chi connectivity index (χ1n) is 8.20. The van der Waals surface area contributed by atoms with Crippen molar-refractivity contribution in [1.29, 1.82) is 0 Å². The third-order valence-corrected chi connectivity index (χ3v) is 5.90. The fourth-order valence-electron chi connectivity index (χ4n) is 2.41. The summed E-state index contributed by atoms with van der Waals surface area (Å²) in [5.74, 6) is -0.124. The topological polar surface area (TPSA) is 73.6 Å². The van der Waals surface area contributed by atoms with Crippen molar-refractivity contribution in [3.63, 3.8) is 0 Å². The quantitative estimate of drug-likeness (QED) is 0.476. The van der Waals surface area contributed by atoms with Crippen LogP contribution in [0.4, 0.5) is 0 Å². The van der Waals surface area contributed by atoms with E-state index in [1.54, 1.807) is 0 Å². The fraction of sp³-hybridized carbons (Fsp3) is 0.333. The van der Waals surface area contributed by atoms with Gasteiger partial charge in [0.05, 0.1) is 11.4 Å². The molecule has 136 valence electrons. The van der Waals surface area contributed by atoms with Gasteiger partial charge in [0.25, 0.3) is 5.56 Å². The van der Waals surface area contributed by atoms with Crippen LogP contribution < -0.4 is 5.56 Å². The molecule has 0 unspecified atom stereocenters. The number of rotatable bonds is 6. The molecule has 26 heavy (non-hydrogen) atoms. The van der Waals surface area contributed by atoms with Crippen LogP contribution in [-0.2, 0) is 22.6 Å². The summed E-state index contributed by atoms with van der Waals surface area (Å²) in [4.78, 5) is 30.0. The summed E-state index contributed by atoms with van der Waals surface area (Å²) < 4.78 is 6.55. The minimum absolute atomic E-state index is 0.0165. The molecular weight excluding hydrogens is 370 g/mol. The molecule has 0 aliphatic carbocycles. The van der Waals surface area contributed by atoms with E-state index in [4.69, 9.17) is 4.74 Å². The number of aromatic nitrogens is 3. The Morgan fingerprint density at radius 2 is 2.12 bits per heavy atom. The molecule has 0 saturated carbocycles. The highest BCUT2D eigenvalue weighted by Crippen LogP contribution is 2.23. The van der Waals surface area contributed by atoms with Crippen molar-refractivity contribution < 1.29 is 9.53 Å². The molecule has 3 aromatic rings. The minimum atomic E-state index is -0.337. The molecule has 0 spiro atoms. The van der Waals surface area contributed by atoms with E-state index in [0.717, 1.165) is 21.9 Å². The summed E-state index contributed by atoms with van der Waals surface area (Å²) >= 11 is 2.81. The van der Waals surface area contributed by atoms with Crippen LogP contribution in [0.5, 0.6) is 0 Å². The van der Waals surface area contributed by atoms with Crippen LogP contribution in [0.1, 0.15) is 28.8 Å². The Morgan fingerprint density at radius 1 is 1.31 bits per heavy atom. The zero-order valence-electron chi connectivity index (χ0n) is 14.8. The van der Waals surface area contributed by atoms with Crippen LogP contribution in [0.25, 0.3) is 4.96 Å². The molecule has 0 saturated heterocycles. The van der Waals surface area contributed by atoms with E-state index in [-0.39, 0.29) is 23.9 Å². The molecule has 0 aliphatic heterocycles. The van der Waals surface area contributed by atoms with Crippen molar-refractivity contribution in [3.8, 4) is 0 Å². The zero-order chi connectivity index (χ0) is 18.7. The van der Waals surface area contributed by atoms with Gasteiger partial charge < -0.3 is 4.74 Å². The normalized spacial score (nSPS) is 11.0. The molecule has 6 nitrogen and oxygen atoms in total. The highest BCUT2D eigenvalue weighted by Gasteiger charge is 2.11. The van der Waals surface area contributed by atoms with Gasteiger partial charge in [0.2, 0.25) is 4.96 Å². The van der Waals surface area contributed by atoms with Crippen LogP contribution in [0.15, 0.2) is 34.0 Å². The number of thioether (sulfide) groups is 1. The highest BCUT2D eigenvalue weighted by atomic mass is 32.2. The van der Waals surface area contributed by atoms with E-state index in [1.165, 1.54) is 39.2 Å². The standard InChI is InChI=1S/C18H19N3O3S2/c1-4-15-20-21-16(22)8-13(19-18(21)26-15)9-24-17(23)10-25-14-6-5-11(2)7-12(14)3/h5-8H,4,9-10H2,1-3H3. The Balaban J connectivity index is 1.60. The van der Waals surface area contributed by atoms with E-state index >= 15 is 0 Å². The lowest BCUT2D eigenvalue weighted by Crippen LogP contribution is -2.17. The largest absolute Gasteiger partial charge is 0.459 e. The summed E-state index contributed by atoms with van der Waals surface area (Å²) in [5, 5.41) is 5.03. The molecular formula is C18H19N3O3S2. The molecule has 0 fully saturated rings. The van der Waals surface area contributed by atoms with E-state index in [0.29, 0.717) is 10.7 Å². The number of benzene rings is 1. The Morgan fingerprint density at radius 3 is 2.85 bits per heavy atom.